The normalized spacial score (nSPS) is 15.0. The van der Waals surface area contributed by atoms with E-state index >= 15 is 0 Å². The van der Waals surface area contributed by atoms with Crippen LogP contribution in [0.2, 0.25) is 0 Å². The molecule has 0 saturated heterocycles. The van der Waals surface area contributed by atoms with Gasteiger partial charge in [0.1, 0.15) is 18.1 Å². The monoisotopic (exact) mass is 563 g/mol. The summed E-state index contributed by atoms with van der Waals surface area (Å²) >= 11 is 1.45. The summed E-state index contributed by atoms with van der Waals surface area (Å²) in [5, 5.41) is 27.1. The third kappa shape index (κ3) is 9.29. The summed E-state index contributed by atoms with van der Waals surface area (Å²) in [6.45, 7) is 3.58. The molecule has 13 heteroatoms. The van der Waals surface area contributed by atoms with E-state index in [9.17, 15) is 29.1 Å². The minimum Gasteiger partial charge on any atom is -0.481 e. The SMILES string of the molecule is CCC(C)C(NC(=O)C(Cc1c[nH]c2ccccc12)NC(=O)C(N)CC(=O)O)C(=O)NC(CCSC)C(=O)O. The van der Waals surface area contributed by atoms with Crippen LogP contribution in [0, 0.1) is 5.92 Å². The fraction of sp³-hybridized carbons (Fsp3) is 0.500. The number of carboxylic acids is 2. The first-order chi connectivity index (χ1) is 18.5. The number of fused-ring (bicyclic) bond motifs is 1. The van der Waals surface area contributed by atoms with Crippen LogP contribution in [-0.4, -0.2) is 81.0 Å². The predicted octanol–water partition coefficient (Wildman–Crippen LogP) is 0.851. The Morgan fingerprint density at radius 3 is 2.28 bits per heavy atom. The van der Waals surface area contributed by atoms with E-state index < -0.39 is 60.2 Å². The Morgan fingerprint density at radius 1 is 1.00 bits per heavy atom. The molecule has 0 aliphatic carbocycles. The first-order valence-corrected chi connectivity index (χ1v) is 14.0. The van der Waals surface area contributed by atoms with Crippen LogP contribution in [0.3, 0.4) is 0 Å². The van der Waals surface area contributed by atoms with E-state index in [2.05, 4.69) is 20.9 Å². The van der Waals surface area contributed by atoms with Crippen LogP contribution in [0.25, 0.3) is 10.9 Å². The molecule has 0 bridgehead atoms. The molecule has 1 aromatic carbocycles. The van der Waals surface area contributed by atoms with E-state index in [1.165, 1.54) is 11.8 Å². The number of amides is 3. The quantitative estimate of drug-likeness (QED) is 0.154. The lowest BCUT2D eigenvalue weighted by atomic mass is 9.96. The maximum atomic E-state index is 13.5. The van der Waals surface area contributed by atoms with Crippen LogP contribution >= 0.6 is 11.8 Å². The van der Waals surface area contributed by atoms with Gasteiger partial charge in [0.2, 0.25) is 17.7 Å². The zero-order chi connectivity index (χ0) is 29.1. The second-order valence-corrected chi connectivity index (χ2v) is 10.4. The highest BCUT2D eigenvalue weighted by molar-refractivity contribution is 7.98. The molecule has 5 unspecified atom stereocenters. The van der Waals surface area contributed by atoms with Gasteiger partial charge in [-0.05, 0) is 36.0 Å². The molecule has 0 spiro atoms. The van der Waals surface area contributed by atoms with Gasteiger partial charge >= 0.3 is 11.9 Å². The number of carbonyl (C=O) groups is 5. The van der Waals surface area contributed by atoms with E-state index in [1.54, 1.807) is 13.1 Å². The van der Waals surface area contributed by atoms with Crippen molar-refractivity contribution in [3.63, 3.8) is 0 Å². The van der Waals surface area contributed by atoms with Crippen molar-refractivity contribution < 1.29 is 34.2 Å². The van der Waals surface area contributed by atoms with Gasteiger partial charge in [-0.1, -0.05) is 38.5 Å². The molecule has 5 atom stereocenters. The van der Waals surface area contributed by atoms with Crippen molar-refractivity contribution in [2.75, 3.05) is 12.0 Å². The van der Waals surface area contributed by atoms with Crippen LogP contribution < -0.4 is 21.7 Å². The molecule has 214 valence electrons. The first kappa shape index (κ1) is 31.6. The maximum Gasteiger partial charge on any atom is 0.326 e. The van der Waals surface area contributed by atoms with Crippen molar-refractivity contribution >= 4 is 52.3 Å². The standard InChI is InChI=1S/C26H37N5O7S/c1-4-14(2)22(25(36)29-19(26(37)38)9-10-39-3)31-24(35)20(30-23(34)17(27)12-21(32)33)11-15-13-28-18-8-6-5-7-16(15)18/h5-8,13-14,17,19-20,22,28H,4,9-12,27H2,1-3H3,(H,29,36)(H,30,34)(H,31,35)(H,32,33)(H,37,38). The Hall–Kier alpha value is -3.58. The van der Waals surface area contributed by atoms with Gasteiger partial charge < -0.3 is 36.9 Å². The van der Waals surface area contributed by atoms with Gasteiger partial charge in [-0.2, -0.15) is 11.8 Å². The number of carboxylic acid groups (broad SMARTS) is 2. The molecule has 1 heterocycles. The van der Waals surface area contributed by atoms with Gasteiger partial charge in [0.15, 0.2) is 0 Å². The Balaban J connectivity index is 2.31. The van der Waals surface area contributed by atoms with Crippen molar-refractivity contribution in [1.29, 1.82) is 0 Å². The topological polar surface area (TPSA) is 204 Å². The lowest BCUT2D eigenvalue weighted by Gasteiger charge is -2.28. The number of hydrogen-bond acceptors (Lipinski definition) is 7. The molecule has 1 aromatic heterocycles. The van der Waals surface area contributed by atoms with Crippen molar-refractivity contribution in [3.05, 3.63) is 36.0 Å². The molecule has 0 aliphatic heterocycles. The highest BCUT2D eigenvalue weighted by atomic mass is 32.2. The number of para-hydroxylation sites is 1. The number of carbonyl (C=O) groups excluding carboxylic acids is 3. The fourth-order valence-electron chi connectivity index (χ4n) is 4.00. The molecule has 39 heavy (non-hydrogen) atoms. The highest BCUT2D eigenvalue weighted by Crippen LogP contribution is 2.20. The Morgan fingerprint density at radius 2 is 1.67 bits per heavy atom. The number of hydrogen-bond donors (Lipinski definition) is 7. The first-order valence-electron chi connectivity index (χ1n) is 12.6. The van der Waals surface area contributed by atoms with Crippen LogP contribution in [0.4, 0.5) is 0 Å². The van der Waals surface area contributed by atoms with Crippen molar-refractivity contribution in [2.45, 2.75) is 63.7 Å². The molecular weight excluding hydrogens is 526 g/mol. The van der Waals surface area contributed by atoms with Crippen LogP contribution in [0.15, 0.2) is 30.5 Å². The van der Waals surface area contributed by atoms with Crippen LogP contribution in [-0.2, 0) is 30.4 Å². The second kappa shape index (κ2) is 15.1. The summed E-state index contributed by atoms with van der Waals surface area (Å²) in [6, 6.07) is 2.61. The highest BCUT2D eigenvalue weighted by Gasteiger charge is 2.33. The molecule has 12 nitrogen and oxygen atoms in total. The maximum absolute atomic E-state index is 13.5. The van der Waals surface area contributed by atoms with E-state index in [0.717, 1.165) is 10.9 Å². The number of thioether (sulfide) groups is 1. The smallest absolute Gasteiger partial charge is 0.326 e. The van der Waals surface area contributed by atoms with Crippen LogP contribution in [0.1, 0.15) is 38.7 Å². The number of aromatic nitrogens is 1. The molecule has 8 N–H and O–H groups in total. The van der Waals surface area contributed by atoms with Gasteiger partial charge in [-0.25, -0.2) is 4.79 Å². The minimum absolute atomic E-state index is 0.0295. The van der Waals surface area contributed by atoms with E-state index in [4.69, 9.17) is 10.8 Å². The number of rotatable bonds is 16. The number of benzene rings is 1. The van der Waals surface area contributed by atoms with E-state index in [0.29, 0.717) is 17.7 Å². The van der Waals surface area contributed by atoms with Gasteiger partial charge in [-0.15, -0.1) is 0 Å². The van der Waals surface area contributed by atoms with Gasteiger partial charge in [0, 0.05) is 23.5 Å². The van der Waals surface area contributed by atoms with Crippen molar-refractivity contribution in [3.8, 4) is 0 Å². The zero-order valence-corrected chi connectivity index (χ0v) is 23.0. The number of aliphatic carboxylic acids is 2. The summed E-state index contributed by atoms with van der Waals surface area (Å²) in [4.78, 5) is 65.2. The number of nitrogens with one attached hydrogen (secondary N) is 4. The summed E-state index contributed by atoms with van der Waals surface area (Å²) in [5.41, 5.74) is 7.26. The number of aromatic amines is 1. The fourth-order valence-corrected chi connectivity index (χ4v) is 4.47. The number of H-pyrrole nitrogens is 1. The van der Waals surface area contributed by atoms with Crippen LogP contribution in [0.5, 0.6) is 0 Å². The number of nitrogens with two attached hydrogens (primary N) is 1. The lowest BCUT2D eigenvalue weighted by molar-refractivity contribution is -0.142. The minimum atomic E-state index is -1.39. The Kier molecular flexibility index (Phi) is 12.3. The summed E-state index contributed by atoms with van der Waals surface area (Å²) < 4.78 is 0. The summed E-state index contributed by atoms with van der Waals surface area (Å²) in [7, 11) is 0. The zero-order valence-electron chi connectivity index (χ0n) is 22.2. The van der Waals surface area contributed by atoms with Crippen molar-refractivity contribution in [1.82, 2.24) is 20.9 Å². The third-order valence-electron chi connectivity index (χ3n) is 6.48. The molecule has 0 aliphatic rings. The second-order valence-electron chi connectivity index (χ2n) is 9.38. The average molecular weight is 564 g/mol. The molecule has 0 fully saturated rings. The Bertz CT molecular complexity index is 1170. The molecule has 3 amide bonds. The Labute approximate surface area is 230 Å². The van der Waals surface area contributed by atoms with E-state index in [-0.39, 0.29) is 18.8 Å². The predicted molar refractivity (Wildman–Crippen MR) is 148 cm³/mol. The van der Waals surface area contributed by atoms with Gasteiger partial charge in [-0.3, -0.25) is 19.2 Å². The summed E-state index contributed by atoms with van der Waals surface area (Å²) in [6.07, 6.45) is 3.65. The average Bonchev–Trinajstić information content (AvgIpc) is 3.30. The molecule has 2 rings (SSSR count). The largest absolute Gasteiger partial charge is 0.481 e. The van der Waals surface area contributed by atoms with Gasteiger partial charge in [0.05, 0.1) is 12.5 Å². The molecule has 0 saturated carbocycles. The van der Waals surface area contributed by atoms with E-state index in [1.807, 2.05) is 37.4 Å². The summed E-state index contributed by atoms with van der Waals surface area (Å²) in [5.74, 6) is -4.44. The molecule has 0 radical (unpaired) electrons. The van der Waals surface area contributed by atoms with Crippen molar-refractivity contribution in [2.24, 2.45) is 11.7 Å². The lowest BCUT2D eigenvalue weighted by Crippen LogP contribution is -2.59. The van der Waals surface area contributed by atoms with Gasteiger partial charge in [0.25, 0.3) is 0 Å². The molecule has 2 aromatic rings. The molecular formula is C26H37N5O7S. The third-order valence-corrected chi connectivity index (χ3v) is 7.13.